The van der Waals surface area contributed by atoms with Gasteiger partial charge in [-0.15, -0.1) is 10.2 Å². The van der Waals surface area contributed by atoms with Crippen LogP contribution in [-0.2, 0) is 11.8 Å². The number of carbonyl (C=O) groups is 2. The van der Waals surface area contributed by atoms with E-state index in [0.29, 0.717) is 27.3 Å². The van der Waals surface area contributed by atoms with Gasteiger partial charge in [0.05, 0.1) is 16.8 Å². The molecular formula is C22H23BrClN5O2S. The second kappa shape index (κ2) is 11.0. The van der Waals surface area contributed by atoms with E-state index in [4.69, 9.17) is 11.6 Å². The molecule has 2 N–H and O–H groups in total. The average Bonchev–Trinajstić information content (AvgIpc) is 3.13. The van der Waals surface area contributed by atoms with E-state index < -0.39 is 0 Å². The fourth-order valence-corrected chi connectivity index (χ4v) is 4.11. The molecule has 0 unspecified atom stereocenters. The summed E-state index contributed by atoms with van der Waals surface area (Å²) in [6.07, 6.45) is 0. The number of benzene rings is 2. The average molecular weight is 537 g/mol. The molecule has 0 spiro atoms. The Morgan fingerprint density at radius 2 is 1.88 bits per heavy atom. The quantitative estimate of drug-likeness (QED) is 0.392. The van der Waals surface area contributed by atoms with Gasteiger partial charge in [-0.1, -0.05) is 55.4 Å². The molecule has 0 radical (unpaired) electrons. The van der Waals surface area contributed by atoms with Gasteiger partial charge >= 0.3 is 0 Å². The summed E-state index contributed by atoms with van der Waals surface area (Å²) in [6, 6.07) is 13.9. The van der Waals surface area contributed by atoms with Crippen LogP contribution in [0.2, 0.25) is 5.02 Å². The molecule has 0 bridgehead atoms. The van der Waals surface area contributed by atoms with Crippen LogP contribution in [-0.4, -0.2) is 32.3 Å². The highest BCUT2D eigenvalue weighted by atomic mass is 79.9. The van der Waals surface area contributed by atoms with E-state index in [2.05, 4.69) is 36.8 Å². The minimum Gasteiger partial charge on any atom is -0.342 e. The summed E-state index contributed by atoms with van der Waals surface area (Å²) in [5, 5.41) is 15.5. The third kappa shape index (κ3) is 6.11. The predicted octanol–water partition coefficient (Wildman–Crippen LogP) is 5.09. The molecule has 0 saturated carbocycles. The third-order valence-electron chi connectivity index (χ3n) is 4.67. The first kappa shape index (κ1) is 24.3. The first-order valence-electron chi connectivity index (χ1n) is 9.89. The van der Waals surface area contributed by atoms with Gasteiger partial charge in [-0.3, -0.25) is 9.59 Å². The summed E-state index contributed by atoms with van der Waals surface area (Å²) >= 11 is 10.7. The standard InChI is InChI=1S/C22H23BrClN5O2S/c1-13(2)19(26-21(31)14-7-5-4-6-8-14)20-27-28-22(29(20)3)32-12-18(30)25-15-9-10-16(23)17(24)11-15/h4-11,13,19H,12H2,1-3H3,(H,25,30)(H,26,31)/t19-/m0/s1. The van der Waals surface area contributed by atoms with Crippen molar-refractivity contribution >= 4 is 56.8 Å². The van der Waals surface area contributed by atoms with E-state index in [0.717, 1.165) is 4.47 Å². The van der Waals surface area contributed by atoms with Crippen molar-refractivity contribution in [3.05, 3.63) is 69.4 Å². The van der Waals surface area contributed by atoms with Gasteiger partial charge in [0.25, 0.3) is 5.91 Å². The van der Waals surface area contributed by atoms with Crippen molar-refractivity contribution in [3.8, 4) is 0 Å². The summed E-state index contributed by atoms with van der Waals surface area (Å²) in [4.78, 5) is 25.0. The Morgan fingerprint density at radius 1 is 1.16 bits per heavy atom. The highest BCUT2D eigenvalue weighted by Gasteiger charge is 2.25. The summed E-state index contributed by atoms with van der Waals surface area (Å²) in [6.45, 7) is 4.02. The zero-order valence-electron chi connectivity index (χ0n) is 17.8. The van der Waals surface area contributed by atoms with Crippen LogP contribution < -0.4 is 10.6 Å². The number of carbonyl (C=O) groups excluding carboxylic acids is 2. The van der Waals surface area contributed by atoms with E-state index in [9.17, 15) is 9.59 Å². The van der Waals surface area contributed by atoms with Crippen LogP contribution in [0.5, 0.6) is 0 Å². The van der Waals surface area contributed by atoms with E-state index in [1.165, 1.54) is 11.8 Å². The van der Waals surface area contributed by atoms with Crippen LogP contribution in [0.1, 0.15) is 36.1 Å². The largest absolute Gasteiger partial charge is 0.342 e. The smallest absolute Gasteiger partial charge is 0.251 e. The summed E-state index contributed by atoms with van der Waals surface area (Å²) < 4.78 is 2.57. The number of amides is 2. The molecule has 0 saturated heterocycles. The highest BCUT2D eigenvalue weighted by Crippen LogP contribution is 2.27. The number of hydrogen-bond donors (Lipinski definition) is 2. The fraction of sp³-hybridized carbons (Fsp3) is 0.273. The molecule has 0 aliphatic heterocycles. The molecule has 1 aromatic heterocycles. The summed E-state index contributed by atoms with van der Waals surface area (Å²) in [5.41, 5.74) is 1.20. The van der Waals surface area contributed by atoms with Gasteiger partial charge in [0.1, 0.15) is 0 Å². The Morgan fingerprint density at radius 3 is 2.53 bits per heavy atom. The van der Waals surface area contributed by atoms with E-state index in [-0.39, 0.29) is 29.5 Å². The Bertz CT molecular complexity index is 1110. The Labute approximate surface area is 204 Å². The van der Waals surface area contributed by atoms with Crippen LogP contribution in [0.3, 0.4) is 0 Å². The number of hydrogen-bond acceptors (Lipinski definition) is 5. The van der Waals surface area contributed by atoms with Gasteiger partial charge < -0.3 is 15.2 Å². The molecule has 0 fully saturated rings. The maximum absolute atomic E-state index is 12.6. The Kier molecular flexibility index (Phi) is 8.33. The highest BCUT2D eigenvalue weighted by molar-refractivity contribution is 9.10. The maximum atomic E-state index is 12.6. The molecule has 0 aliphatic carbocycles. The fourth-order valence-electron chi connectivity index (χ4n) is 2.97. The monoisotopic (exact) mass is 535 g/mol. The molecule has 3 rings (SSSR count). The number of thioether (sulfide) groups is 1. The molecule has 2 aromatic carbocycles. The predicted molar refractivity (Wildman–Crippen MR) is 131 cm³/mol. The number of nitrogens with one attached hydrogen (secondary N) is 2. The van der Waals surface area contributed by atoms with Crippen molar-refractivity contribution in [3.63, 3.8) is 0 Å². The maximum Gasteiger partial charge on any atom is 0.251 e. The van der Waals surface area contributed by atoms with Crippen LogP contribution in [0, 0.1) is 5.92 Å². The third-order valence-corrected chi connectivity index (χ3v) is 6.92. The summed E-state index contributed by atoms with van der Waals surface area (Å²) in [7, 11) is 1.83. The van der Waals surface area contributed by atoms with Crippen molar-refractivity contribution in [2.75, 3.05) is 11.1 Å². The second-order valence-electron chi connectivity index (χ2n) is 7.43. The van der Waals surface area contributed by atoms with Crippen molar-refractivity contribution in [2.24, 2.45) is 13.0 Å². The molecule has 10 heteroatoms. The minimum absolute atomic E-state index is 0.0915. The van der Waals surface area contributed by atoms with Crippen molar-refractivity contribution < 1.29 is 9.59 Å². The van der Waals surface area contributed by atoms with Crippen LogP contribution in [0.4, 0.5) is 5.69 Å². The molecule has 0 aliphatic rings. The number of rotatable bonds is 8. The van der Waals surface area contributed by atoms with Gasteiger partial charge in [0.15, 0.2) is 11.0 Å². The van der Waals surface area contributed by atoms with Gasteiger partial charge in [0.2, 0.25) is 5.91 Å². The normalized spacial score (nSPS) is 11.9. The van der Waals surface area contributed by atoms with Gasteiger partial charge in [-0.2, -0.15) is 0 Å². The number of halogens is 2. The SMILES string of the molecule is CC(C)[C@H](NC(=O)c1ccccc1)c1nnc(SCC(=O)Nc2ccc(Br)c(Cl)c2)n1C. The van der Waals surface area contributed by atoms with Crippen LogP contribution >= 0.6 is 39.3 Å². The molecule has 168 valence electrons. The minimum atomic E-state index is -0.326. The van der Waals surface area contributed by atoms with E-state index >= 15 is 0 Å². The van der Waals surface area contributed by atoms with Gasteiger partial charge in [0, 0.05) is 22.8 Å². The lowest BCUT2D eigenvalue weighted by atomic mass is 10.0. The zero-order chi connectivity index (χ0) is 23.3. The molecule has 2 amide bonds. The lowest BCUT2D eigenvalue weighted by Crippen LogP contribution is -2.33. The zero-order valence-corrected chi connectivity index (χ0v) is 21.0. The van der Waals surface area contributed by atoms with Crippen molar-refractivity contribution in [1.29, 1.82) is 0 Å². The molecule has 7 nitrogen and oxygen atoms in total. The van der Waals surface area contributed by atoms with Crippen molar-refractivity contribution in [1.82, 2.24) is 20.1 Å². The second-order valence-corrected chi connectivity index (χ2v) is 9.63. The van der Waals surface area contributed by atoms with Crippen molar-refractivity contribution in [2.45, 2.75) is 25.0 Å². The molecule has 32 heavy (non-hydrogen) atoms. The Hall–Kier alpha value is -2.36. The molecule has 1 heterocycles. The summed E-state index contributed by atoms with van der Waals surface area (Å²) in [5.74, 6) is 0.521. The molecule has 3 aromatic rings. The van der Waals surface area contributed by atoms with Gasteiger partial charge in [-0.05, 0) is 52.2 Å². The topological polar surface area (TPSA) is 88.9 Å². The number of nitrogens with zero attached hydrogens (tertiary/aromatic N) is 3. The van der Waals surface area contributed by atoms with E-state index in [1.807, 2.05) is 43.7 Å². The Balaban J connectivity index is 1.65. The lowest BCUT2D eigenvalue weighted by Gasteiger charge is -2.21. The van der Waals surface area contributed by atoms with Crippen LogP contribution in [0.15, 0.2) is 58.2 Å². The number of anilines is 1. The lowest BCUT2D eigenvalue weighted by molar-refractivity contribution is -0.113. The number of aromatic nitrogens is 3. The molecule has 1 atom stereocenters. The van der Waals surface area contributed by atoms with E-state index in [1.54, 1.807) is 30.3 Å². The first-order chi connectivity index (χ1) is 15.3. The van der Waals surface area contributed by atoms with Crippen LogP contribution in [0.25, 0.3) is 0 Å². The van der Waals surface area contributed by atoms with Gasteiger partial charge in [-0.25, -0.2) is 0 Å². The molecular weight excluding hydrogens is 514 g/mol. The first-order valence-corrected chi connectivity index (χ1v) is 12.0.